The van der Waals surface area contributed by atoms with Crippen LogP contribution in [0.2, 0.25) is 5.02 Å². The summed E-state index contributed by atoms with van der Waals surface area (Å²) in [5, 5.41) is 9.48. The summed E-state index contributed by atoms with van der Waals surface area (Å²) in [6, 6.07) is 5.85. The second kappa shape index (κ2) is 5.97. The fourth-order valence-corrected chi connectivity index (χ4v) is 3.47. The van der Waals surface area contributed by atoms with Gasteiger partial charge in [0.1, 0.15) is 12.4 Å². The molecule has 0 saturated heterocycles. The molecule has 7 heteroatoms. The molecule has 1 aliphatic heterocycles. The lowest BCUT2D eigenvalue weighted by Gasteiger charge is -2.11. The molecule has 1 aromatic carbocycles. The SMILES string of the molecule is Cc1nc(C)n2c1Cn1c(COC(C)C)nnc1-c1cc(Cl)ccc1-2. The van der Waals surface area contributed by atoms with E-state index in [1.54, 1.807) is 0 Å². The lowest BCUT2D eigenvalue weighted by molar-refractivity contribution is 0.0595. The summed E-state index contributed by atoms with van der Waals surface area (Å²) >= 11 is 6.27. The highest BCUT2D eigenvalue weighted by atomic mass is 35.5. The Bertz CT molecular complexity index is 957. The van der Waals surface area contributed by atoms with Gasteiger partial charge in [-0.25, -0.2) is 4.98 Å². The van der Waals surface area contributed by atoms with Gasteiger partial charge >= 0.3 is 0 Å². The van der Waals surface area contributed by atoms with Crippen molar-refractivity contribution in [3.8, 4) is 17.1 Å². The monoisotopic (exact) mass is 357 g/mol. The van der Waals surface area contributed by atoms with E-state index in [0.29, 0.717) is 18.2 Å². The Kier molecular flexibility index (Phi) is 3.89. The van der Waals surface area contributed by atoms with E-state index in [9.17, 15) is 0 Å². The number of halogens is 1. The van der Waals surface area contributed by atoms with Crippen molar-refractivity contribution in [2.75, 3.05) is 0 Å². The van der Waals surface area contributed by atoms with E-state index in [2.05, 4.69) is 24.3 Å². The summed E-state index contributed by atoms with van der Waals surface area (Å²) in [6.45, 7) is 9.15. The van der Waals surface area contributed by atoms with Crippen LogP contribution in [0.1, 0.15) is 36.9 Å². The predicted octanol–water partition coefficient (Wildman–Crippen LogP) is 3.69. The van der Waals surface area contributed by atoms with Gasteiger partial charge in [0.2, 0.25) is 0 Å². The van der Waals surface area contributed by atoms with Crippen LogP contribution in [0.25, 0.3) is 17.1 Å². The zero-order chi connectivity index (χ0) is 17.7. The molecule has 0 fully saturated rings. The molecule has 130 valence electrons. The first-order valence-corrected chi connectivity index (χ1v) is 8.72. The largest absolute Gasteiger partial charge is 0.371 e. The zero-order valence-electron chi connectivity index (χ0n) is 14.7. The Balaban J connectivity index is 1.95. The average Bonchev–Trinajstić information content (AvgIpc) is 3.02. The zero-order valence-corrected chi connectivity index (χ0v) is 15.5. The number of nitrogens with zero attached hydrogens (tertiary/aromatic N) is 5. The van der Waals surface area contributed by atoms with Crippen LogP contribution in [0, 0.1) is 13.8 Å². The van der Waals surface area contributed by atoms with E-state index >= 15 is 0 Å². The average molecular weight is 358 g/mol. The molecule has 1 aliphatic rings. The van der Waals surface area contributed by atoms with Gasteiger partial charge in [-0.15, -0.1) is 10.2 Å². The van der Waals surface area contributed by atoms with Gasteiger partial charge in [-0.2, -0.15) is 0 Å². The number of ether oxygens (including phenoxy) is 1. The van der Waals surface area contributed by atoms with Gasteiger partial charge in [0, 0.05) is 10.6 Å². The van der Waals surface area contributed by atoms with Crippen molar-refractivity contribution in [1.29, 1.82) is 0 Å². The summed E-state index contributed by atoms with van der Waals surface area (Å²) in [4.78, 5) is 4.66. The van der Waals surface area contributed by atoms with E-state index in [1.165, 1.54) is 0 Å². The van der Waals surface area contributed by atoms with E-state index in [1.807, 2.05) is 45.9 Å². The van der Waals surface area contributed by atoms with Gasteiger partial charge in [-0.1, -0.05) is 11.6 Å². The lowest BCUT2D eigenvalue weighted by Crippen LogP contribution is -2.11. The molecule has 0 bridgehead atoms. The minimum atomic E-state index is 0.134. The molecule has 4 rings (SSSR count). The number of hydrogen-bond donors (Lipinski definition) is 0. The van der Waals surface area contributed by atoms with Crippen LogP contribution in [0.5, 0.6) is 0 Å². The summed E-state index contributed by atoms with van der Waals surface area (Å²) < 4.78 is 10.0. The second-order valence-electron chi connectivity index (χ2n) is 6.57. The van der Waals surface area contributed by atoms with Gasteiger partial charge in [-0.05, 0) is 45.9 Å². The standard InChI is InChI=1S/C18H20ClN5O/c1-10(2)25-9-17-21-22-18-14-7-13(19)5-6-15(14)24-12(4)20-11(3)16(24)8-23(17)18/h5-7,10H,8-9H2,1-4H3. The third-order valence-corrected chi connectivity index (χ3v) is 4.70. The second-order valence-corrected chi connectivity index (χ2v) is 7.01. The third-order valence-electron chi connectivity index (χ3n) is 4.46. The number of benzene rings is 1. The topological polar surface area (TPSA) is 57.8 Å². The van der Waals surface area contributed by atoms with Gasteiger partial charge < -0.3 is 9.30 Å². The molecule has 0 unspecified atom stereocenters. The number of rotatable bonds is 3. The fraction of sp³-hybridized carbons (Fsp3) is 0.389. The van der Waals surface area contributed by atoms with Gasteiger partial charge in [0.05, 0.1) is 29.7 Å². The van der Waals surface area contributed by atoms with E-state index in [-0.39, 0.29) is 6.10 Å². The number of imidazole rings is 1. The van der Waals surface area contributed by atoms with Crippen LogP contribution in [-0.2, 0) is 17.9 Å². The minimum absolute atomic E-state index is 0.134. The highest BCUT2D eigenvalue weighted by Gasteiger charge is 2.26. The van der Waals surface area contributed by atoms with Crippen molar-refractivity contribution >= 4 is 11.6 Å². The highest BCUT2D eigenvalue weighted by Crippen LogP contribution is 2.35. The van der Waals surface area contributed by atoms with Crippen LogP contribution < -0.4 is 0 Å². The maximum Gasteiger partial charge on any atom is 0.166 e. The van der Waals surface area contributed by atoms with Gasteiger partial charge in [-0.3, -0.25) is 4.57 Å². The smallest absolute Gasteiger partial charge is 0.166 e. The van der Waals surface area contributed by atoms with Crippen molar-refractivity contribution in [1.82, 2.24) is 24.3 Å². The third kappa shape index (κ3) is 2.65. The molecule has 0 N–H and O–H groups in total. The van der Waals surface area contributed by atoms with Crippen molar-refractivity contribution in [2.24, 2.45) is 0 Å². The number of fused-ring (bicyclic) bond motifs is 5. The fourth-order valence-electron chi connectivity index (χ4n) is 3.30. The normalized spacial score (nSPS) is 12.7. The summed E-state index contributed by atoms with van der Waals surface area (Å²) in [6.07, 6.45) is 0.134. The van der Waals surface area contributed by atoms with Crippen LogP contribution in [0.4, 0.5) is 0 Å². The van der Waals surface area contributed by atoms with Crippen molar-refractivity contribution in [3.05, 3.63) is 46.3 Å². The Morgan fingerprint density at radius 3 is 2.80 bits per heavy atom. The molecule has 3 heterocycles. The van der Waals surface area contributed by atoms with Crippen LogP contribution in [0.15, 0.2) is 18.2 Å². The number of aromatic nitrogens is 5. The molecule has 6 nitrogen and oxygen atoms in total. The molecule has 0 amide bonds. The summed E-state index contributed by atoms with van der Waals surface area (Å²) in [5.41, 5.74) is 4.12. The van der Waals surface area contributed by atoms with E-state index in [4.69, 9.17) is 16.3 Å². The van der Waals surface area contributed by atoms with E-state index in [0.717, 1.165) is 40.1 Å². The van der Waals surface area contributed by atoms with Crippen molar-refractivity contribution < 1.29 is 4.74 Å². The molecular weight excluding hydrogens is 338 g/mol. The van der Waals surface area contributed by atoms with Crippen LogP contribution in [0.3, 0.4) is 0 Å². The first kappa shape index (κ1) is 16.3. The molecular formula is C18H20ClN5O. The first-order chi connectivity index (χ1) is 12.0. The maximum absolute atomic E-state index is 6.27. The minimum Gasteiger partial charge on any atom is -0.371 e. The van der Waals surface area contributed by atoms with Gasteiger partial charge in [0.15, 0.2) is 11.6 Å². The van der Waals surface area contributed by atoms with Crippen molar-refractivity contribution in [2.45, 2.75) is 47.0 Å². The Morgan fingerprint density at radius 1 is 1.24 bits per heavy atom. The maximum atomic E-state index is 6.27. The molecule has 3 aromatic rings. The lowest BCUT2D eigenvalue weighted by atomic mass is 10.1. The molecule has 0 spiro atoms. The number of aryl methyl sites for hydroxylation is 2. The molecule has 0 atom stereocenters. The van der Waals surface area contributed by atoms with Gasteiger partial charge in [0.25, 0.3) is 0 Å². The van der Waals surface area contributed by atoms with E-state index < -0.39 is 0 Å². The molecule has 2 aromatic heterocycles. The molecule has 25 heavy (non-hydrogen) atoms. The number of hydrogen-bond acceptors (Lipinski definition) is 4. The molecule has 0 aliphatic carbocycles. The highest BCUT2D eigenvalue weighted by molar-refractivity contribution is 6.31. The quantitative estimate of drug-likeness (QED) is 0.561. The Hall–Kier alpha value is -2.18. The predicted molar refractivity (Wildman–Crippen MR) is 96.1 cm³/mol. The first-order valence-electron chi connectivity index (χ1n) is 8.34. The Morgan fingerprint density at radius 2 is 2.04 bits per heavy atom. The molecule has 0 saturated carbocycles. The Labute approximate surface area is 151 Å². The van der Waals surface area contributed by atoms with Crippen molar-refractivity contribution in [3.63, 3.8) is 0 Å². The van der Waals surface area contributed by atoms with Crippen LogP contribution in [-0.4, -0.2) is 30.4 Å². The molecule has 0 radical (unpaired) electrons. The summed E-state index contributed by atoms with van der Waals surface area (Å²) in [5.74, 6) is 2.57. The summed E-state index contributed by atoms with van der Waals surface area (Å²) in [7, 11) is 0. The van der Waals surface area contributed by atoms with Crippen LogP contribution >= 0.6 is 11.6 Å².